The molecule has 1 saturated heterocycles. The summed E-state index contributed by atoms with van der Waals surface area (Å²) in [7, 11) is 0. The van der Waals surface area contributed by atoms with Crippen molar-refractivity contribution in [1.82, 2.24) is 10.2 Å². The average Bonchev–Trinajstić information content (AvgIpc) is 3.67. The molecule has 4 aromatic rings. The maximum Gasteiger partial charge on any atom is 0.260 e. The number of hydrogen-bond donors (Lipinski definition) is 2. The van der Waals surface area contributed by atoms with Gasteiger partial charge in [-0.15, -0.1) is 0 Å². The van der Waals surface area contributed by atoms with Crippen LogP contribution in [-0.2, 0) is 42.0 Å². The van der Waals surface area contributed by atoms with Gasteiger partial charge in [0.05, 0.1) is 19.3 Å². The molecule has 0 spiro atoms. The van der Waals surface area contributed by atoms with E-state index in [9.17, 15) is 9.90 Å². The number of hydrogen-bond acceptors (Lipinski definition) is 6. The van der Waals surface area contributed by atoms with Crippen molar-refractivity contribution in [3.8, 4) is 11.5 Å². The van der Waals surface area contributed by atoms with Crippen molar-refractivity contribution in [2.75, 3.05) is 32.8 Å². The van der Waals surface area contributed by atoms with Crippen molar-refractivity contribution < 1.29 is 24.1 Å². The highest BCUT2D eigenvalue weighted by Crippen LogP contribution is 2.28. The Labute approximate surface area is 278 Å². The standard InChI is InChI=1S/C40H46N2O5/c43-38(26-41-36-16-13-32-14-17-37(25-35(32)24-36)46-29-40(44)42-20-7-8-21-42)33-15-18-39(47-28-31-11-5-2-6-12-31)34(23-33)19-22-45-27-30-9-3-1-4-10-30/h1-6,9-12,14-15,17-18,23,25,36,38,41,43H,7-8,13,16,19-22,24,26-29H2/t36-,38-/m0/s1. The number of carbonyl (C=O) groups is 1. The van der Waals surface area contributed by atoms with Crippen LogP contribution in [-0.4, -0.2) is 54.8 Å². The van der Waals surface area contributed by atoms with E-state index in [1.165, 1.54) is 11.1 Å². The minimum absolute atomic E-state index is 0.0624. The van der Waals surface area contributed by atoms with E-state index < -0.39 is 6.10 Å². The number of rotatable bonds is 15. The van der Waals surface area contributed by atoms with Crippen molar-refractivity contribution in [2.45, 2.75) is 63.9 Å². The van der Waals surface area contributed by atoms with E-state index in [0.717, 1.165) is 78.9 Å². The molecule has 0 saturated carbocycles. The monoisotopic (exact) mass is 634 g/mol. The van der Waals surface area contributed by atoms with Crippen molar-refractivity contribution in [2.24, 2.45) is 0 Å². The summed E-state index contributed by atoms with van der Waals surface area (Å²) in [6.07, 6.45) is 5.00. The zero-order valence-electron chi connectivity index (χ0n) is 27.1. The first-order valence-corrected chi connectivity index (χ1v) is 17.0. The van der Waals surface area contributed by atoms with Crippen LogP contribution in [0.1, 0.15) is 58.7 Å². The van der Waals surface area contributed by atoms with Gasteiger partial charge in [-0.25, -0.2) is 0 Å². The molecular weight excluding hydrogens is 588 g/mol. The van der Waals surface area contributed by atoms with Crippen LogP contribution in [0.2, 0.25) is 0 Å². The van der Waals surface area contributed by atoms with Gasteiger partial charge in [0.2, 0.25) is 0 Å². The van der Waals surface area contributed by atoms with Gasteiger partial charge in [0.15, 0.2) is 6.61 Å². The molecule has 1 aliphatic carbocycles. The summed E-state index contributed by atoms with van der Waals surface area (Å²) in [6, 6.07) is 32.7. The fourth-order valence-electron chi connectivity index (χ4n) is 6.42. The summed E-state index contributed by atoms with van der Waals surface area (Å²) in [5.41, 5.74) is 6.70. The Bertz CT molecular complexity index is 1570. The fraction of sp³-hybridized carbons (Fsp3) is 0.375. The van der Waals surface area contributed by atoms with E-state index in [1.807, 2.05) is 59.5 Å². The molecule has 2 aliphatic rings. The Morgan fingerprint density at radius 3 is 2.36 bits per heavy atom. The molecule has 1 heterocycles. The number of aliphatic hydroxyl groups is 1. The van der Waals surface area contributed by atoms with Crippen LogP contribution < -0.4 is 14.8 Å². The second-order valence-corrected chi connectivity index (χ2v) is 12.6. The average molecular weight is 635 g/mol. The Kier molecular flexibility index (Phi) is 11.6. The summed E-state index contributed by atoms with van der Waals surface area (Å²) in [5, 5.41) is 14.9. The molecule has 7 nitrogen and oxygen atoms in total. The lowest BCUT2D eigenvalue weighted by Gasteiger charge is -2.27. The molecule has 1 amide bonds. The summed E-state index contributed by atoms with van der Waals surface area (Å²) in [5.74, 6) is 1.62. The van der Waals surface area contributed by atoms with Gasteiger partial charge >= 0.3 is 0 Å². The number of likely N-dealkylation sites (tertiary alicyclic amines) is 1. The number of aliphatic hydroxyl groups excluding tert-OH is 1. The Morgan fingerprint density at radius 2 is 1.60 bits per heavy atom. The van der Waals surface area contributed by atoms with Crippen LogP contribution in [0.15, 0.2) is 97.1 Å². The number of benzene rings is 4. The molecular formula is C40H46N2O5. The maximum absolute atomic E-state index is 12.4. The SMILES string of the molecule is O=C(COc1ccc2c(c1)C[C@@H](NC[C@H](O)c1ccc(OCc3ccccc3)c(CCOCc3ccccc3)c1)CC2)N1CCCC1. The zero-order chi connectivity index (χ0) is 32.3. The summed E-state index contributed by atoms with van der Waals surface area (Å²) in [6.45, 7) is 3.80. The number of carbonyl (C=O) groups excluding carboxylic acids is 1. The first-order chi connectivity index (χ1) is 23.1. The minimum atomic E-state index is -0.658. The first kappa shape index (κ1) is 32.8. The topological polar surface area (TPSA) is 80.3 Å². The van der Waals surface area contributed by atoms with Gasteiger partial charge in [0.25, 0.3) is 5.91 Å². The molecule has 1 aliphatic heterocycles. The van der Waals surface area contributed by atoms with E-state index in [1.54, 1.807) is 0 Å². The third-order valence-corrected chi connectivity index (χ3v) is 9.16. The number of nitrogens with one attached hydrogen (secondary N) is 1. The molecule has 4 aromatic carbocycles. The lowest BCUT2D eigenvalue weighted by atomic mass is 9.88. The van der Waals surface area contributed by atoms with Gasteiger partial charge in [-0.2, -0.15) is 0 Å². The number of ether oxygens (including phenoxy) is 3. The lowest BCUT2D eigenvalue weighted by molar-refractivity contribution is -0.132. The second-order valence-electron chi connectivity index (χ2n) is 12.6. The summed E-state index contributed by atoms with van der Waals surface area (Å²) in [4.78, 5) is 14.3. The maximum atomic E-state index is 12.4. The normalized spacial score (nSPS) is 16.4. The van der Waals surface area contributed by atoms with Crippen LogP contribution >= 0.6 is 0 Å². The van der Waals surface area contributed by atoms with Crippen molar-refractivity contribution in [3.63, 3.8) is 0 Å². The van der Waals surface area contributed by atoms with E-state index >= 15 is 0 Å². The van der Waals surface area contributed by atoms with Crippen molar-refractivity contribution in [3.05, 3.63) is 130 Å². The highest BCUT2D eigenvalue weighted by molar-refractivity contribution is 5.78. The zero-order valence-corrected chi connectivity index (χ0v) is 27.1. The molecule has 1 fully saturated rings. The van der Waals surface area contributed by atoms with Crippen LogP contribution in [0.3, 0.4) is 0 Å². The number of amides is 1. The largest absolute Gasteiger partial charge is 0.489 e. The Balaban J connectivity index is 1.04. The van der Waals surface area contributed by atoms with E-state index in [4.69, 9.17) is 14.2 Å². The van der Waals surface area contributed by atoms with Gasteiger partial charge in [0, 0.05) is 25.7 Å². The predicted octanol–water partition coefficient (Wildman–Crippen LogP) is 6.21. The van der Waals surface area contributed by atoms with Crippen LogP contribution in [0, 0.1) is 0 Å². The van der Waals surface area contributed by atoms with Gasteiger partial charge < -0.3 is 29.5 Å². The molecule has 2 N–H and O–H groups in total. The third-order valence-electron chi connectivity index (χ3n) is 9.16. The molecule has 246 valence electrons. The van der Waals surface area contributed by atoms with E-state index in [-0.39, 0.29) is 18.6 Å². The van der Waals surface area contributed by atoms with Gasteiger partial charge in [-0.05, 0) is 96.2 Å². The van der Waals surface area contributed by atoms with Crippen molar-refractivity contribution in [1.29, 1.82) is 0 Å². The molecule has 47 heavy (non-hydrogen) atoms. The Morgan fingerprint density at radius 1 is 0.851 bits per heavy atom. The fourth-order valence-corrected chi connectivity index (χ4v) is 6.42. The van der Waals surface area contributed by atoms with Crippen LogP contribution in [0.4, 0.5) is 0 Å². The third kappa shape index (κ3) is 9.44. The number of nitrogens with zero attached hydrogens (tertiary/aromatic N) is 1. The summed E-state index contributed by atoms with van der Waals surface area (Å²) < 4.78 is 18.1. The summed E-state index contributed by atoms with van der Waals surface area (Å²) >= 11 is 0. The quantitative estimate of drug-likeness (QED) is 0.152. The molecule has 2 atom stereocenters. The first-order valence-electron chi connectivity index (χ1n) is 17.0. The van der Waals surface area contributed by atoms with Crippen molar-refractivity contribution >= 4 is 5.91 Å². The van der Waals surface area contributed by atoms with Crippen LogP contribution in [0.5, 0.6) is 11.5 Å². The van der Waals surface area contributed by atoms with Gasteiger partial charge in [0.1, 0.15) is 18.1 Å². The predicted molar refractivity (Wildman–Crippen MR) is 184 cm³/mol. The smallest absolute Gasteiger partial charge is 0.260 e. The highest BCUT2D eigenvalue weighted by Gasteiger charge is 2.22. The molecule has 0 aromatic heterocycles. The van der Waals surface area contributed by atoms with Crippen LogP contribution in [0.25, 0.3) is 0 Å². The molecule has 7 heteroatoms. The molecule has 6 rings (SSSR count). The lowest BCUT2D eigenvalue weighted by Crippen LogP contribution is -2.37. The van der Waals surface area contributed by atoms with Gasteiger partial charge in [-0.3, -0.25) is 4.79 Å². The van der Waals surface area contributed by atoms with Gasteiger partial charge in [-0.1, -0.05) is 72.8 Å². The minimum Gasteiger partial charge on any atom is -0.489 e. The number of fused-ring (bicyclic) bond motifs is 1. The van der Waals surface area contributed by atoms with E-state index in [0.29, 0.717) is 32.8 Å². The molecule has 0 radical (unpaired) electrons. The Hall–Kier alpha value is -4.17. The highest BCUT2D eigenvalue weighted by atomic mass is 16.5. The molecule has 0 unspecified atom stereocenters. The number of aryl methyl sites for hydroxylation is 1. The molecule has 0 bridgehead atoms. The van der Waals surface area contributed by atoms with E-state index in [2.05, 4.69) is 47.8 Å². The second kappa shape index (κ2) is 16.6.